The maximum Gasteiger partial charge on any atom is 0.206 e. The fourth-order valence-electron chi connectivity index (χ4n) is 1.90. The first kappa shape index (κ1) is 13.1. The van der Waals surface area contributed by atoms with E-state index in [0.717, 1.165) is 6.54 Å². The molecular formula is C10H26N2Si. The molecule has 0 aromatic heterocycles. The van der Waals surface area contributed by atoms with Crippen molar-refractivity contribution in [2.45, 2.75) is 52.1 Å². The van der Waals surface area contributed by atoms with Crippen molar-refractivity contribution >= 4 is 8.40 Å². The predicted molar refractivity (Wildman–Crippen MR) is 63.3 cm³/mol. The Morgan fingerprint density at radius 3 is 1.92 bits per heavy atom. The molecule has 0 aliphatic carbocycles. The van der Waals surface area contributed by atoms with Gasteiger partial charge in [0.2, 0.25) is 8.40 Å². The normalized spacial score (nSPS) is 17.1. The van der Waals surface area contributed by atoms with E-state index in [4.69, 9.17) is 0 Å². The first-order chi connectivity index (χ1) is 5.93. The summed E-state index contributed by atoms with van der Waals surface area (Å²) < 4.78 is 0. The van der Waals surface area contributed by atoms with E-state index in [1.807, 2.05) is 0 Å². The molecule has 0 bridgehead atoms. The molecule has 0 radical (unpaired) electrons. The van der Waals surface area contributed by atoms with Crippen LogP contribution in [0.25, 0.3) is 0 Å². The van der Waals surface area contributed by atoms with Gasteiger partial charge in [-0.1, -0.05) is 34.6 Å². The van der Waals surface area contributed by atoms with Crippen LogP contribution < -0.4 is 9.96 Å². The van der Waals surface area contributed by atoms with Crippen molar-refractivity contribution in [2.75, 3.05) is 13.6 Å². The number of hydrogen-bond donors (Lipinski definition) is 2. The second kappa shape index (κ2) is 5.13. The van der Waals surface area contributed by atoms with Gasteiger partial charge < -0.3 is 9.96 Å². The van der Waals surface area contributed by atoms with Crippen LogP contribution in [-0.4, -0.2) is 22.0 Å². The minimum atomic E-state index is -1.47. The quantitative estimate of drug-likeness (QED) is 0.669. The molecule has 0 heterocycles. The minimum Gasteiger partial charge on any atom is -0.328 e. The lowest BCUT2D eigenvalue weighted by Crippen LogP contribution is -2.66. The first-order valence-electron chi connectivity index (χ1n) is 5.37. The largest absolute Gasteiger partial charge is 0.328 e. The smallest absolute Gasteiger partial charge is 0.206 e. The monoisotopic (exact) mass is 202 g/mol. The lowest BCUT2D eigenvalue weighted by Gasteiger charge is -2.42. The van der Waals surface area contributed by atoms with Crippen molar-refractivity contribution in [2.24, 2.45) is 0 Å². The molecule has 0 aromatic carbocycles. The van der Waals surface area contributed by atoms with Crippen LogP contribution in [0.3, 0.4) is 0 Å². The fourth-order valence-corrected chi connectivity index (χ4v) is 5.70. The summed E-state index contributed by atoms with van der Waals surface area (Å²) in [6.07, 6.45) is 1.21. The van der Waals surface area contributed by atoms with Crippen LogP contribution in [0.1, 0.15) is 41.0 Å². The van der Waals surface area contributed by atoms with Gasteiger partial charge in [-0.2, -0.15) is 0 Å². The predicted octanol–water partition coefficient (Wildman–Crippen LogP) is 2.47. The van der Waals surface area contributed by atoms with Crippen molar-refractivity contribution in [1.29, 1.82) is 0 Å². The average Bonchev–Trinajstić information content (AvgIpc) is 2.05. The van der Waals surface area contributed by atoms with E-state index in [9.17, 15) is 0 Å². The Morgan fingerprint density at radius 2 is 1.69 bits per heavy atom. The third kappa shape index (κ3) is 3.08. The summed E-state index contributed by atoms with van der Waals surface area (Å²) >= 11 is 0. The third-order valence-corrected chi connectivity index (χ3v) is 8.24. The van der Waals surface area contributed by atoms with E-state index in [2.05, 4.69) is 51.6 Å². The van der Waals surface area contributed by atoms with Crippen molar-refractivity contribution in [3.63, 3.8) is 0 Å². The minimum absolute atomic E-state index is 0.381. The van der Waals surface area contributed by atoms with Gasteiger partial charge in [-0.3, -0.25) is 0 Å². The van der Waals surface area contributed by atoms with Gasteiger partial charge in [-0.25, -0.2) is 0 Å². The summed E-state index contributed by atoms with van der Waals surface area (Å²) in [5.74, 6) is 0. The zero-order chi connectivity index (χ0) is 10.5. The topological polar surface area (TPSA) is 24.1 Å². The Bertz CT molecular complexity index is 136. The van der Waals surface area contributed by atoms with Crippen molar-refractivity contribution in [3.05, 3.63) is 0 Å². The molecule has 13 heavy (non-hydrogen) atoms. The molecule has 1 unspecified atom stereocenters. The molecule has 0 aromatic rings. The number of rotatable bonds is 5. The van der Waals surface area contributed by atoms with Crippen molar-refractivity contribution < 1.29 is 0 Å². The molecule has 0 amide bonds. The zero-order valence-electron chi connectivity index (χ0n) is 10.1. The van der Waals surface area contributed by atoms with Gasteiger partial charge >= 0.3 is 0 Å². The van der Waals surface area contributed by atoms with Gasteiger partial charge in [0.25, 0.3) is 0 Å². The molecule has 1 atom stereocenters. The second-order valence-corrected chi connectivity index (χ2v) is 9.56. The summed E-state index contributed by atoms with van der Waals surface area (Å²) in [5.41, 5.74) is 0. The molecule has 0 rings (SSSR count). The SMILES string of the molecule is CCCN[Si](CC)(NC)C(C)(C)C. The van der Waals surface area contributed by atoms with Crippen LogP contribution in [-0.2, 0) is 0 Å². The summed E-state index contributed by atoms with van der Waals surface area (Å²) in [7, 11) is 0.635. The molecule has 0 aliphatic rings. The van der Waals surface area contributed by atoms with Gasteiger partial charge in [0.1, 0.15) is 0 Å². The molecule has 0 aliphatic heterocycles. The van der Waals surface area contributed by atoms with Crippen LogP contribution in [0.2, 0.25) is 11.1 Å². The maximum absolute atomic E-state index is 3.75. The molecule has 0 fully saturated rings. The Kier molecular flexibility index (Phi) is 5.18. The van der Waals surface area contributed by atoms with E-state index in [-0.39, 0.29) is 0 Å². The molecule has 2 nitrogen and oxygen atoms in total. The third-order valence-electron chi connectivity index (χ3n) is 2.91. The number of hydrogen-bond acceptors (Lipinski definition) is 2. The van der Waals surface area contributed by atoms with E-state index in [1.54, 1.807) is 0 Å². The Labute approximate surface area is 84.7 Å². The Balaban J connectivity index is 4.50. The van der Waals surface area contributed by atoms with Gasteiger partial charge in [-0.15, -0.1) is 0 Å². The Hall–Kier alpha value is 0.137. The lowest BCUT2D eigenvalue weighted by molar-refractivity contribution is 0.641. The van der Waals surface area contributed by atoms with Crippen LogP contribution in [0.4, 0.5) is 0 Å². The maximum atomic E-state index is 3.75. The summed E-state index contributed by atoms with van der Waals surface area (Å²) in [5, 5.41) is 0.381. The standard InChI is InChI=1S/C10H26N2Si/c1-7-9-12-13(8-2,11-6)10(3,4)5/h11-12H,7-9H2,1-6H3. The molecule has 2 N–H and O–H groups in total. The highest BCUT2D eigenvalue weighted by atomic mass is 28.3. The van der Waals surface area contributed by atoms with Crippen molar-refractivity contribution in [1.82, 2.24) is 9.96 Å². The summed E-state index contributed by atoms with van der Waals surface area (Å²) in [4.78, 5) is 7.32. The van der Waals surface area contributed by atoms with Gasteiger partial charge in [0, 0.05) is 0 Å². The summed E-state index contributed by atoms with van der Waals surface area (Å²) in [6.45, 7) is 12.7. The molecule has 0 spiro atoms. The second-order valence-electron chi connectivity index (χ2n) is 4.69. The first-order valence-corrected chi connectivity index (χ1v) is 7.58. The number of nitrogens with one attached hydrogen (secondary N) is 2. The van der Waals surface area contributed by atoms with Gasteiger partial charge in [0.05, 0.1) is 0 Å². The van der Waals surface area contributed by atoms with Gasteiger partial charge in [0.15, 0.2) is 0 Å². The van der Waals surface area contributed by atoms with Gasteiger partial charge in [-0.05, 0) is 31.1 Å². The van der Waals surface area contributed by atoms with E-state index >= 15 is 0 Å². The van der Waals surface area contributed by atoms with Crippen LogP contribution in [0.15, 0.2) is 0 Å². The molecule has 0 saturated carbocycles. The fraction of sp³-hybridized carbons (Fsp3) is 1.00. The molecular weight excluding hydrogens is 176 g/mol. The van der Waals surface area contributed by atoms with Crippen LogP contribution in [0, 0.1) is 0 Å². The Morgan fingerprint density at radius 1 is 1.15 bits per heavy atom. The average molecular weight is 202 g/mol. The lowest BCUT2D eigenvalue weighted by atomic mass is 10.2. The van der Waals surface area contributed by atoms with Crippen LogP contribution >= 0.6 is 0 Å². The molecule has 3 heteroatoms. The molecule has 80 valence electrons. The van der Waals surface area contributed by atoms with E-state index in [1.165, 1.54) is 12.5 Å². The highest BCUT2D eigenvalue weighted by molar-refractivity contribution is 6.77. The van der Waals surface area contributed by atoms with Crippen LogP contribution in [0.5, 0.6) is 0 Å². The van der Waals surface area contributed by atoms with E-state index < -0.39 is 8.40 Å². The van der Waals surface area contributed by atoms with Crippen molar-refractivity contribution in [3.8, 4) is 0 Å². The van der Waals surface area contributed by atoms with E-state index in [0.29, 0.717) is 5.04 Å². The zero-order valence-corrected chi connectivity index (χ0v) is 11.1. The highest BCUT2D eigenvalue weighted by Crippen LogP contribution is 2.34. The highest BCUT2D eigenvalue weighted by Gasteiger charge is 2.41. The summed E-state index contributed by atoms with van der Waals surface area (Å²) in [6, 6.07) is 1.24. The molecule has 0 saturated heterocycles.